The zero-order valence-electron chi connectivity index (χ0n) is 10.1. The molecule has 17 heavy (non-hydrogen) atoms. The van der Waals surface area contributed by atoms with Crippen LogP contribution in [0.15, 0.2) is 18.2 Å². The third-order valence-electron chi connectivity index (χ3n) is 3.09. The maximum Gasteiger partial charge on any atom is 0.151 e. The van der Waals surface area contributed by atoms with Gasteiger partial charge in [0.05, 0.1) is 5.52 Å². The Balaban J connectivity index is 2.67. The number of halogens is 2. The molecular weight excluding hydrogens is 239 g/mol. The first-order valence-corrected chi connectivity index (χ1v) is 6.43. The van der Waals surface area contributed by atoms with E-state index >= 15 is 0 Å². The van der Waals surface area contributed by atoms with Crippen molar-refractivity contribution >= 4 is 22.6 Å². The molecule has 1 atom stereocenters. The fourth-order valence-electron chi connectivity index (χ4n) is 2.07. The van der Waals surface area contributed by atoms with Crippen molar-refractivity contribution in [2.75, 3.05) is 5.88 Å². The van der Waals surface area contributed by atoms with Crippen molar-refractivity contribution < 1.29 is 4.39 Å². The van der Waals surface area contributed by atoms with E-state index in [9.17, 15) is 4.39 Å². The van der Waals surface area contributed by atoms with E-state index < -0.39 is 0 Å². The lowest BCUT2D eigenvalue weighted by Gasteiger charge is -2.15. The molecule has 1 aromatic heterocycles. The largest absolute Gasteiger partial charge is 0.325 e. The second-order valence-corrected chi connectivity index (χ2v) is 4.58. The maximum absolute atomic E-state index is 13.7. The van der Waals surface area contributed by atoms with Gasteiger partial charge >= 0.3 is 0 Å². The molecule has 0 amide bonds. The third kappa shape index (κ3) is 2.16. The number of hydrogen-bond acceptors (Lipinski definition) is 1. The van der Waals surface area contributed by atoms with Gasteiger partial charge in [0, 0.05) is 18.3 Å². The van der Waals surface area contributed by atoms with Crippen molar-refractivity contribution in [2.45, 2.75) is 32.7 Å². The lowest BCUT2D eigenvalue weighted by Crippen LogP contribution is -2.09. The van der Waals surface area contributed by atoms with Gasteiger partial charge in [-0.3, -0.25) is 0 Å². The van der Waals surface area contributed by atoms with Gasteiger partial charge in [0.2, 0.25) is 0 Å². The quantitative estimate of drug-likeness (QED) is 0.756. The number of rotatable bonds is 4. The van der Waals surface area contributed by atoms with E-state index in [-0.39, 0.29) is 5.82 Å². The summed E-state index contributed by atoms with van der Waals surface area (Å²) in [5, 5.41) is 0. The van der Waals surface area contributed by atoms with Crippen molar-refractivity contribution in [1.29, 1.82) is 0 Å². The minimum Gasteiger partial charge on any atom is -0.325 e. The van der Waals surface area contributed by atoms with Crippen molar-refractivity contribution in [1.82, 2.24) is 9.55 Å². The molecule has 0 saturated heterocycles. The summed E-state index contributed by atoms with van der Waals surface area (Å²) in [4.78, 5) is 4.37. The number of alkyl halides is 1. The Hall–Kier alpha value is -1.09. The van der Waals surface area contributed by atoms with Gasteiger partial charge in [-0.25, -0.2) is 9.37 Å². The average Bonchev–Trinajstić information content (AvgIpc) is 2.68. The first-order chi connectivity index (χ1) is 8.19. The molecular formula is C13H16ClFN2. The highest BCUT2D eigenvalue weighted by atomic mass is 35.5. The lowest BCUT2D eigenvalue weighted by molar-refractivity contribution is 0.524. The number of nitrogens with zero attached hydrogens (tertiary/aromatic N) is 2. The normalized spacial score (nSPS) is 13.2. The van der Waals surface area contributed by atoms with E-state index in [1.807, 2.05) is 6.07 Å². The molecule has 0 aliphatic heterocycles. The van der Waals surface area contributed by atoms with E-state index in [4.69, 9.17) is 11.6 Å². The van der Waals surface area contributed by atoms with Gasteiger partial charge < -0.3 is 4.57 Å². The minimum atomic E-state index is -0.264. The highest BCUT2D eigenvalue weighted by molar-refractivity contribution is 6.17. The first-order valence-electron chi connectivity index (χ1n) is 5.90. The topological polar surface area (TPSA) is 17.8 Å². The van der Waals surface area contributed by atoms with Gasteiger partial charge in [-0.2, -0.15) is 0 Å². The number of hydrogen-bond donors (Lipinski definition) is 0. The van der Waals surface area contributed by atoms with Crippen LogP contribution in [0.3, 0.4) is 0 Å². The lowest BCUT2D eigenvalue weighted by atomic mass is 10.2. The molecule has 4 heteroatoms. The monoisotopic (exact) mass is 254 g/mol. The van der Waals surface area contributed by atoms with Crippen LogP contribution in [0, 0.1) is 5.82 Å². The van der Waals surface area contributed by atoms with Gasteiger partial charge in [0.1, 0.15) is 11.3 Å². The van der Waals surface area contributed by atoms with Crippen LogP contribution in [0.5, 0.6) is 0 Å². The standard InChI is InChI=1S/C13H16ClFN2/c1-3-9(2)17-11-6-4-5-10(15)13(11)16-12(17)7-8-14/h4-6,9H,3,7-8H2,1-2H3. The van der Waals surface area contributed by atoms with Crippen LogP contribution in [0.25, 0.3) is 11.0 Å². The molecule has 2 nitrogen and oxygen atoms in total. The van der Waals surface area contributed by atoms with E-state index in [0.717, 1.165) is 17.8 Å². The maximum atomic E-state index is 13.7. The van der Waals surface area contributed by atoms with E-state index in [1.165, 1.54) is 6.07 Å². The van der Waals surface area contributed by atoms with Crippen LogP contribution in [0.4, 0.5) is 4.39 Å². The predicted molar refractivity (Wildman–Crippen MR) is 69.1 cm³/mol. The molecule has 1 heterocycles. The van der Waals surface area contributed by atoms with Crippen molar-refractivity contribution in [3.8, 4) is 0 Å². The van der Waals surface area contributed by atoms with Gasteiger partial charge in [0.15, 0.2) is 5.82 Å². The molecule has 2 aromatic rings. The summed E-state index contributed by atoms with van der Waals surface area (Å²) in [7, 11) is 0. The van der Waals surface area contributed by atoms with Crippen molar-refractivity contribution in [3.63, 3.8) is 0 Å². The number of fused-ring (bicyclic) bond motifs is 1. The van der Waals surface area contributed by atoms with Gasteiger partial charge in [-0.05, 0) is 25.5 Å². The van der Waals surface area contributed by atoms with E-state index in [2.05, 4.69) is 23.4 Å². The Morgan fingerprint density at radius 3 is 2.88 bits per heavy atom. The van der Waals surface area contributed by atoms with Crippen LogP contribution >= 0.6 is 11.6 Å². The van der Waals surface area contributed by atoms with Crippen LogP contribution in [-0.4, -0.2) is 15.4 Å². The molecule has 0 bridgehead atoms. The van der Waals surface area contributed by atoms with Crippen LogP contribution in [0.1, 0.15) is 32.1 Å². The van der Waals surface area contributed by atoms with Crippen LogP contribution < -0.4 is 0 Å². The number of para-hydroxylation sites is 1. The smallest absolute Gasteiger partial charge is 0.151 e. The van der Waals surface area contributed by atoms with Gasteiger partial charge in [-0.1, -0.05) is 13.0 Å². The molecule has 0 fully saturated rings. The Labute approximate surface area is 105 Å². The summed E-state index contributed by atoms with van der Waals surface area (Å²) in [6.45, 7) is 4.23. The molecule has 0 N–H and O–H groups in total. The minimum absolute atomic E-state index is 0.264. The van der Waals surface area contributed by atoms with E-state index in [0.29, 0.717) is 23.9 Å². The number of aromatic nitrogens is 2. The van der Waals surface area contributed by atoms with Crippen LogP contribution in [-0.2, 0) is 6.42 Å². The second-order valence-electron chi connectivity index (χ2n) is 4.20. The second kappa shape index (κ2) is 5.05. The van der Waals surface area contributed by atoms with Crippen molar-refractivity contribution in [2.24, 2.45) is 0 Å². The number of aryl methyl sites for hydroxylation is 1. The van der Waals surface area contributed by atoms with Gasteiger partial charge in [-0.15, -0.1) is 11.6 Å². The van der Waals surface area contributed by atoms with Crippen molar-refractivity contribution in [3.05, 3.63) is 29.8 Å². The fourth-order valence-corrected chi connectivity index (χ4v) is 2.24. The van der Waals surface area contributed by atoms with Crippen LogP contribution in [0.2, 0.25) is 0 Å². The highest BCUT2D eigenvalue weighted by Crippen LogP contribution is 2.25. The molecule has 0 radical (unpaired) electrons. The summed E-state index contributed by atoms with van der Waals surface area (Å²) in [6.07, 6.45) is 1.65. The molecule has 1 unspecified atom stereocenters. The average molecular weight is 255 g/mol. The molecule has 2 rings (SSSR count). The Bertz CT molecular complexity index is 521. The summed E-state index contributed by atoms with van der Waals surface area (Å²) in [5.74, 6) is 1.11. The number of imidazole rings is 1. The molecule has 0 saturated carbocycles. The molecule has 1 aromatic carbocycles. The Morgan fingerprint density at radius 2 is 2.24 bits per heavy atom. The Kier molecular flexibility index (Phi) is 3.67. The molecule has 0 aliphatic carbocycles. The molecule has 0 spiro atoms. The molecule has 92 valence electrons. The summed E-state index contributed by atoms with van der Waals surface area (Å²) in [6, 6.07) is 5.39. The summed E-state index contributed by atoms with van der Waals surface area (Å²) in [5.41, 5.74) is 1.31. The Morgan fingerprint density at radius 1 is 1.47 bits per heavy atom. The first kappa shape index (κ1) is 12.4. The third-order valence-corrected chi connectivity index (χ3v) is 3.28. The van der Waals surface area contributed by atoms with E-state index in [1.54, 1.807) is 6.07 Å². The summed E-state index contributed by atoms with van der Waals surface area (Å²) < 4.78 is 15.8. The zero-order chi connectivity index (χ0) is 12.4. The number of benzene rings is 1. The van der Waals surface area contributed by atoms with Gasteiger partial charge in [0.25, 0.3) is 0 Å². The molecule has 0 aliphatic rings. The SMILES string of the molecule is CCC(C)n1c(CCCl)nc2c(F)cccc21. The predicted octanol–water partition coefficient (Wildman–Crippen LogP) is 3.93. The zero-order valence-corrected chi connectivity index (χ0v) is 10.8. The summed E-state index contributed by atoms with van der Waals surface area (Å²) >= 11 is 5.78. The highest BCUT2D eigenvalue weighted by Gasteiger charge is 2.16. The fraction of sp³-hybridized carbons (Fsp3) is 0.462.